The second-order valence-electron chi connectivity index (χ2n) is 7.61. The predicted octanol–water partition coefficient (Wildman–Crippen LogP) is 3.40. The molecule has 0 spiro atoms. The van der Waals surface area contributed by atoms with Crippen LogP contribution >= 0.6 is 0 Å². The van der Waals surface area contributed by atoms with Gasteiger partial charge in [-0.25, -0.2) is 13.1 Å². The number of ketones is 1. The van der Waals surface area contributed by atoms with E-state index in [0.29, 0.717) is 5.56 Å². The third kappa shape index (κ3) is 3.83. The second kappa shape index (κ2) is 7.19. The summed E-state index contributed by atoms with van der Waals surface area (Å²) in [5.41, 5.74) is 0.988. The van der Waals surface area contributed by atoms with Gasteiger partial charge < -0.3 is 4.74 Å². The number of sulfonamides is 1. The summed E-state index contributed by atoms with van der Waals surface area (Å²) in [6.45, 7) is 7.40. The van der Waals surface area contributed by atoms with Crippen LogP contribution in [0, 0.1) is 12.3 Å². The number of carbonyl (C=O) groups is 1. The van der Waals surface area contributed by atoms with E-state index in [1.165, 1.54) is 0 Å². The summed E-state index contributed by atoms with van der Waals surface area (Å²) in [6.07, 6.45) is -1.18. The number of nitrogens with one attached hydrogen (secondary N) is 1. The summed E-state index contributed by atoms with van der Waals surface area (Å²) >= 11 is 0. The maximum atomic E-state index is 13.0. The van der Waals surface area contributed by atoms with Gasteiger partial charge in [0.25, 0.3) is 0 Å². The highest BCUT2D eigenvalue weighted by Crippen LogP contribution is 2.39. The quantitative estimate of drug-likeness (QED) is 0.853. The van der Waals surface area contributed by atoms with Gasteiger partial charge in [0.15, 0.2) is 5.78 Å². The summed E-state index contributed by atoms with van der Waals surface area (Å²) in [4.78, 5) is 13.1. The number of hydrogen-bond donors (Lipinski definition) is 1. The van der Waals surface area contributed by atoms with Gasteiger partial charge in [0.1, 0.15) is 6.10 Å². The first-order valence-electron chi connectivity index (χ1n) is 8.96. The first-order valence-corrected chi connectivity index (χ1v) is 10.4. The summed E-state index contributed by atoms with van der Waals surface area (Å²) in [6, 6.07) is 14.9. The van der Waals surface area contributed by atoms with Gasteiger partial charge in [-0.2, -0.15) is 0 Å². The molecule has 0 aliphatic carbocycles. The van der Waals surface area contributed by atoms with Crippen molar-refractivity contribution in [1.82, 2.24) is 4.72 Å². The van der Waals surface area contributed by atoms with Gasteiger partial charge in [-0.1, -0.05) is 61.9 Å². The molecule has 0 bridgehead atoms. The van der Waals surface area contributed by atoms with Crippen LogP contribution in [0.25, 0.3) is 0 Å². The molecule has 6 heteroatoms. The summed E-state index contributed by atoms with van der Waals surface area (Å²) in [7, 11) is -3.82. The van der Waals surface area contributed by atoms with Crippen molar-refractivity contribution < 1.29 is 17.9 Å². The first kappa shape index (κ1) is 19.7. The van der Waals surface area contributed by atoms with Gasteiger partial charge in [-0.3, -0.25) is 4.79 Å². The SMILES string of the molecule is Cc1ccc(S(=O)(=O)NC(c2ccccc2)[C@@H]2O[C@@H](C)C(C)(C)C2=O)cc1. The molecule has 1 saturated heterocycles. The number of benzene rings is 2. The molecule has 1 N–H and O–H groups in total. The average molecular weight is 388 g/mol. The number of aryl methyl sites for hydroxylation is 1. The summed E-state index contributed by atoms with van der Waals surface area (Å²) in [5, 5.41) is 0. The molecule has 0 saturated carbocycles. The molecule has 1 aliphatic heterocycles. The van der Waals surface area contributed by atoms with Gasteiger partial charge in [-0.05, 0) is 31.5 Å². The Morgan fingerprint density at radius 3 is 2.15 bits per heavy atom. The lowest BCUT2D eigenvalue weighted by molar-refractivity contribution is -0.127. The smallest absolute Gasteiger partial charge is 0.241 e. The van der Waals surface area contributed by atoms with Crippen LogP contribution in [0.2, 0.25) is 0 Å². The molecule has 27 heavy (non-hydrogen) atoms. The topological polar surface area (TPSA) is 72.5 Å². The van der Waals surface area contributed by atoms with E-state index in [2.05, 4.69) is 4.72 Å². The van der Waals surface area contributed by atoms with Crippen molar-refractivity contribution in [2.45, 2.75) is 50.8 Å². The van der Waals surface area contributed by atoms with Crippen LogP contribution in [-0.2, 0) is 19.6 Å². The Bertz CT molecular complexity index is 920. The molecule has 2 aromatic carbocycles. The lowest BCUT2D eigenvalue weighted by Gasteiger charge is -2.24. The summed E-state index contributed by atoms with van der Waals surface area (Å²) in [5.74, 6) is -0.101. The van der Waals surface area contributed by atoms with Crippen LogP contribution in [-0.4, -0.2) is 26.4 Å². The Morgan fingerprint density at radius 1 is 1.04 bits per heavy atom. The minimum absolute atomic E-state index is 0.101. The van der Waals surface area contributed by atoms with Crippen LogP contribution in [0.3, 0.4) is 0 Å². The molecule has 1 fully saturated rings. The van der Waals surface area contributed by atoms with Gasteiger partial charge in [-0.15, -0.1) is 0 Å². The van der Waals surface area contributed by atoms with E-state index >= 15 is 0 Å². The van der Waals surface area contributed by atoms with Gasteiger partial charge >= 0.3 is 0 Å². The molecule has 0 amide bonds. The normalized spacial score (nSPS) is 23.3. The zero-order valence-corrected chi connectivity index (χ0v) is 16.8. The molecule has 1 unspecified atom stereocenters. The molecule has 144 valence electrons. The standard InChI is InChI=1S/C21H25NO4S/c1-14-10-12-17(13-11-14)27(24,25)22-18(16-8-6-5-7-9-16)19-20(23)21(3,4)15(2)26-19/h5-13,15,18-19,22H,1-4H3/t15-,18?,19-/m0/s1. The minimum Gasteiger partial charge on any atom is -0.364 e. The molecule has 0 radical (unpaired) electrons. The average Bonchev–Trinajstić information content (AvgIpc) is 2.84. The van der Waals surface area contributed by atoms with Crippen molar-refractivity contribution in [2.24, 2.45) is 5.41 Å². The van der Waals surface area contributed by atoms with Crippen molar-refractivity contribution >= 4 is 15.8 Å². The highest BCUT2D eigenvalue weighted by molar-refractivity contribution is 7.89. The lowest BCUT2D eigenvalue weighted by atomic mass is 9.82. The van der Waals surface area contributed by atoms with E-state index in [1.807, 2.05) is 45.9 Å². The van der Waals surface area contributed by atoms with E-state index in [1.54, 1.807) is 36.4 Å². The molecule has 1 heterocycles. The molecular formula is C21H25NO4S. The highest BCUT2D eigenvalue weighted by Gasteiger charge is 2.51. The van der Waals surface area contributed by atoms with E-state index in [-0.39, 0.29) is 16.8 Å². The van der Waals surface area contributed by atoms with Gasteiger partial charge in [0, 0.05) is 0 Å². The Balaban J connectivity index is 1.99. The lowest BCUT2D eigenvalue weighted by Crippen LogP contribution is -2.41. The van der Waals surface area contributed by atoms with Crippen molar-refractivity contribution in [3.8, 4) is 0 Å². The van der Waals surface area contributed by atoms with Crippen molar-refractivity contribution in [3.05, 3.63) is 65.7 Å². The number of carbonyl (C=O) groups excluding carboxylic acids is 1. The van der Waals surface area contributed by atoms with E-state index in [0.717, 1.165) is 5.56 Å². The van der Waals surface area contributed by atoms with Crippen molar-refractivity contribution in [1.29, 1.82) is 0 Å². The largest absolute Gasteiger partial charge is 0.364 e. The van der Waals surface area contributed by atoms with Crippen LogP contribution < -0.4 is 4.72 Å². The van der Waals surface area contributed by atoms with E-state index < -0.39 is 27.6 Å². The fourth-order valence-electron chi connectivity index (χ4n) is 3.17. The van der Waals surface area contributed by atoms with Crippen LogP contribution in [0.4, 0.5) is 0 Å². The summed E-state index contributed by atoms with van der Waals surface area (Å²) < 4.78 is 34.5. The van der Waals surface area contributed by atoms with Gasteiger partial charge in [0.2, 0.25) is 10.0 Å². The molecule has 3 atom stereocenters. The molecule has 0 aromatic heterocycles. The maximum absolute atomic E-state index is 13.0. The fourth-order valence-corrected chi connectivity index (χ4v) is 4.39. The van der Waals surface area contributed by atoms with E-state index in [4.69, 9.17) is 4.74 Å². The van der Waals surface area contributed by atoms with Crippen molar-refractivity contribution in [3.63, 3.8) is 0 Å². The number of ether oxygens (including phenoxy) is 1. The Kier molecular flexibility index (Phi) is 5.25. The minimum atomic E-state index is -3.82. The van der Waals surface area contributed by atoms with Crippen LogP contribution in [0.5, 0.6) is 0 Å². The second-order valence-corrected chi connectivity index (χ2v) is 9.32. The first-order chi connectivity index (χ1) is 12.6. The Morgan fingerprint density at radius 2 is 1.63 bits per heavy atom. The van der Waals surface area contributed by atoms with Crippen LogP contribution in [0.15, 0.2) is 59.5 Å². The molecule has 1 aliphatic rings. The monoisotopic (exact) mass is 387 g/mol. The third-order valence-electron chi connectivity index (χ3n) is 5.34. The zero-order chi connectivity index (χ0) is 19.8. The van der Waals surface area contributed by atoms with Crippen LogP contribution in [0.1, 0.15) is 37.9 Å². The predicted molar refractivity (Wildman–Crippen MR) is 104 cm³/mol. The van der Waals surface area contributed by atoms with E-state index in [9.17, 15) is 13.2 Å². The molecule has 3 rings (SSSR count). The Hall–Kier alpha value is -2.02. The number of Topliss-reactive ketones (excluding diaryl/α,β-unsaturated/α-hetero) is 1. The third-order valence-corrected chi connectivity index (χ3v) is 6.79. The molecular weight excluding hydrogens is 362 g/mol. The van der Waals surface area contributed by atoms with Crippen molar-refractivity contribution in [2.75, 3.05) is 0 Å². The Labute approximate surface area is 160 Å². The molecule has 2 aromatic rings. The zero-order valence-electron chi connectivity index (χ0n) is 16.0. The maximum Gasteiger partial charge on any atom is 0.241 e. The number of hydrogen-bond acceptors (Lipinski definition) is 4. The van der Waals surface area contributed by atoms with Gasteiger partial charge in [0.05, 0.1) is 22.5 Å². The highest BCUT2D eigenvalue weighted by atomic mass is 32.2. The molecule has 5 nitrogen and oxygen atoms in total. The fraction of sp³-hybridized carbons (Fsp3) is 0.381. The number of rotatable bonds is 5.